The molecule has 1 atom stereocenters. The molecule has 2 aromatic heterocycles. The minimum absolute atomic E-state index is 0.298. The van der Waals surface area contributed by atoms with Gasteiger partial charge in [0.1, 0.15) is 0 Å². The summed E-state index contributed by atoms with van der Waals surface area (Å²) in [6.07, 6.45) is 4.51. The quantitative estimate of drug-likeness (QED) is 0.522. The highest BCUT2D eigenvalue weighted by Gasteiger charge is 2.08. The van der Waals surface area contributed by atoms with E-state index in [1.165, 1.54) is 0 Å². The van der Waals surface area contributed by atoms with Crippen molar-refractivity contribution >= 4 is 11.9 Å². The second-order valence-corrected chi connectivity index (χ2v) is 4.27. The number of hydrogen-bond acceptors (Lipinski definition) is 7. The molecule has 0 aliphatic carbocycles. The van der Waals surface area contributed by atoms with Gasteiger partial charge in [0.2, 0.25) is 11.9 Å². The number of rotatable bonds is 6. The van der Waals surface area contributed by atoms with Crippen LogP contribution in [0.5, 0.6) is 0 Å². The number of nitrogens with one attached hydrogen (secondary N) is 2. The van der Waals surface area contributed by atoms with Gasteiger partial charge in [-0.15, -0.1) is 0 Å². The third-order valence-electron chi connectivity index (χ3n) is 2.77. The van der Waals surface area contributed by atoms with Gasteiger partial charge in [-0.1, -0.05) is 20.3 Å². The van der Waals surface area contributed by atoms with Crippen LogP contribution in [-0.2, 0) is 0 Å². The minimum atomic E-state index is 0.298. The van der Waals surface area contributed by atoms with Crippen LogP contribution >= 0.6 is 0 Å². The number of nitrogens with zero attached hydrogens (tertiary/aromatic N) is 5. The molecular formula is C11H18N8. The predicted octanol–water partition coefficient (Wildman–Crippen LogP) is 0.801. The first kappa shape index (κ1) is 13.2. The van der Waals surface area contributed by atoms with Gasteiger partial charge in [-0.25, -0.2) is 10.5 Å². The molecule has 0 amide bonds. The lowest BCUT2D eigenvalue weighted by Crippen LogP contribution is -2.18. The highest BCUT2D eigenvalue weighted by molar-refractivity contribution is 5.36. The normalized spacial score (nSPS) is 12.2. The summed E-state index contributed by atoms with van der Waals surface area (Å²) in [5.41, 5.74) is 2.43. The van der Waals surface area contributed by atoms with Crippen molar-refractivity contribution in [2.75, 3.05) is 17.3 Å². The molecule has 2 heterocycles. The Morgan fingerprint density at radius 1 is 1.32 bits per heavy atom. The number of nitrogen functional groups attached to an aromatic ring is 1. The molecule has 0 aromatic carbocycles. The van der Waals surface area contributed by atoms with E-state index in [0.29, 0.717) is 23.8 Å². The smallest absolute Gasteiger partial charge is 0.257 e. The fourth-order valence-corrected chi connectivity index (χ4v) is 1.41. The maximum Gasteiger partial charge on any atom is 0.257 e. The first-order valence-corrected chi connectivity index (χ1v) is 6.19. The fourth-order valence-electron chi connectivity index (χ4n) is 1.41. The van der Waals surface area contributed by atoms with Gasteiger partial charge in [0.25, 0.3) is 5.95 Å². The van der Waals surface area contributed by atoms with Gasteiger partial charge in [-0.2, -0.15) is 20.1 Å². The first-order chi connectivity index (χ1) is 9.22. The molecular weight excluding hydrogens is 244 g/mol. The number of anilines is 2. The average molecular weight is 262 g/mol. The van der Waals surface area contributed by atoms with E-state index in [1.54, 1.807) is 23.1 Å². The van der Waals surface area contributed by atoms with Crippen LogP contribution in [0.2, 0.25) is 0 Å². The maximum atomic E-state index is 5.36. The van der Waals surface area contributed by atoms with Crippen molar-refractivity contribution in [3.05, 3.63) is 18.5 Å². The Balaban J connectivity index is 2.21. The molecule has 1 unspecified atom stereocenters. The third kappa shape index (κ3) is 3.38. The van der Waals surface area contributed by atoms with Crippen LogP contribution in [0.4, 0.5) is 11.9 Å². The Bertz CT molecular complexity index is 509. The molecule has 8 nitrogen and oxygen atoms in total. The molecule has 0 aliphatic rings. The Hall–Kier alpha value is -2.22. The zero-order valence-corrected chi connectivity index (χ0v) is 11.0. The number of hydrogen-bond donors (Lipinski definition) is 3. The van der Waals surface area contributed by atoms with E-state index in [2.05, 4.69) is 44.6 Å². The van der Waals surface area contributed by atoms with Crippen LogP contribution in [0.1, 0.15) is 20.3 Å². The van der Waals surface area contributed by atoms with Gasteiger partial charge in [0, 0.05) is 18.9 Å². The molecule has 2 aromatic rings. The van der Waals surface area contributed by atoms with Crippen LogP contribution in [-0.4, -0.2) is 31.3 Å². The SMILES string of the molecule is CCC(C)CNc1nc(NN)nc(-n2cccn2)n1. The zero-order chi connectivity index (χ0) is 13.7. The van der Waals surface area contributed by atoms with E-state index >= 15 is 0 Å². The van der Waals surface area contributed by atoms with Crippen molar-refractivity contribution in [1.82, 2.24) is 24.7 Å². The molecule has 8 heteroatoms. The summed E-state index contributed by atoms with van der Waals surface area (Å²) in [6, 6.07) is 1.80. The van der Waals surface area contributed by atoms with Gasteiger partial charge >= 0.3 is 0 Å². The standard InChI is InChI=1S/C11H18N8/c1-3-8(2)7-13-9-15-10(18-12)17-11(16-9)19-6-4-5-14-19/h4-6,8H,3,7,12H2,1-2H3,(H2,13,15,16,17,18). The van der Waals surface area contributed by atoms with Crippen molar-refractivity contribution in [2.24, 2.45) is 11.8 Å². The van der Waals surface area contributed by atoms with Crippen LogP contribution in [0.25, 0.3) is 5.95 Å². The first-order valence-electron chi connectivity index (χ1n) is 6.19. The Labute approximate surface area is 111 Å². The van der Waals surface area contributed by atoms with Crippen molar-refractivity contribution in [2.45, 2.75) is 20.3 Å². The topological polar surface area (TPSA) is 107 Å². The van der Waals surface area contributed by atoms with Crippen molar-refractivity contribution in [1.29, 1.82) is 0 Å². The highest BCUT2D eigenvalue weighted by atomic mass is 15.4. The summed E-state index contributed by atoms with van der Waals surface area (Å²) in [5.74, 6) is 7.10. The molecule has 0 aliphatic heterocycles. The van der Waals surface area contributed by atoms with E-state index < -0.39 is 0 Å². The van der Waals surface area contributed by atoms with Crippen molar-refractivity contribution in [3.63, 3.8) is 0 Å². The summed E-state index contributed by atoms with van der Waals surface area (Å²) >= 11 is 0. The van der Waals surface area contributed by atoms with Gasteiger partial charge in [-0.05, 0) is 12.0 Å². The summed E-state index contributed by atoms with van der Waals surface area (Å²) in [6.45, 7) is 5.09. The van der Waals surface area contributed by atoms with Gasteiger partial charge in [0.15, 0.2) is 0 Å². The Morgan fingerprint density at radius 3 is 2.74 bits per heavy atom. The lowest BCUT2D eigenvalue weighted by molar-refractivity contribution is 0.590. The van der Waals surface area contributed by atoms with Crippen LogP contribution in [0.3, 0.4) is 0 Å². The molecule has 0 saturated carbocycles. The molecule has 0 saturated heterocycles. The number of hydrazine groups is 1. The van der Waals surface area contributed by atoms with E-state index in [4.69, 9.17) is 5.84 Å². The molecule has 0 fully saturated rings. The van der Waals surface area contributed by atoms with Crippen molar-refractivity contribution < 1.29 is 0 Å². The summed E-state index contributed by atoms with van der Waals surface area (Å²) in [5, 5.41) is 7.26. The second kappa shape index (κ2) is 6.10. The molecule has 19 heavy (non-hydrogen) atoms. The van der Waals surface area contributed by atoms with Crippen LogP contribution in [0.15, 0.2) is 18.5 Å². The molecule has 0 radical (unpaired) electrons. The largest absolute Gasteiger partial charge is 0.354 e. The van der Waals surface area contributed by atoms with Gasteiger partial charge < -0.3 is 5.32 Å². The average Bonchev–Trinajstić information content (AvgIpc) is 2.98. The summed E-state index contributed by atoms with van der Waals surface area (Å²) < 4.78 is 1.55. The van der Waals surface area contributed by atoms with E-state index in [-0.39, 0.29) is 0 Å². The predicted molar refractivity (Wildman–Crippen MR) is 72.7 cm³/mol. The Kier molecular flexibility index (Phi) is 4.24. The second-order valence-electron chi connectivity index (χ2n) is 4.27. The molecule has 0 bridgehead atoms. The molecule has 2 rings (SSSR count). The monoisotopic (exact) mass is 262 g/mol. The maximum absolute atomic E-state index is 5.36. The number of nitrogens with two attached hydrogens (primary N) is 1. The van der Waals surface area contributed by atoms with E-state index in [1.807, 2.05) is 0 Å². The van der Waals surface area contributed by atoms with E-state index in [0.717, 1.165) is 13.0 Å². The molecule has 4 N–H and O–H groups in total. The zero-order valence-electron chi connectivity index (χ0n) is 11.0. The lowest BCUT2D eigenvalue weighted by atomic mass is 10.1. The highest BCUT2D eigenvalue weighted by Crippen LogP contribution is 2.09. The van der Waals surface area contributed by atoms with E-state index in [9.17, 15) is 0 Å². The molecule has 0 spiro atoms. The molecule has 102 valence electrons. The minimum Gasteiger partial charge on any atom is -0.354 e. The Morgan fingerprint density at radius 2 is 2.11 bits per heavy atom. The van der Waals surface area contributed by atoms with Gasteiger partial charge in [-0.3, -0.25) is 5.43 Å². The van der Waals surface area contributed by atoms with Gasteiger partial charge in [0.05, 0.1) is 0 Å². The van der Waals surface area contributed by atoms with Crippen LogP contribution in [0, 0.1) is 5.92 Å². The fraction of sp³-hybridized carbons (Fsp3) is 0.455. The van der Waals surface area contributed by atoms with Crippen LogP contribution < -0.4 is 16.6 Å². The summed E-state index contributed by atoms with van der Waals surface area (Å²) in [7, 11) is 0. The summed E-state index contributed by atoms with van der Waals surface area (Å²) in [4.78, 5) is 12.6. The lowest BCUT2D eigenvalue weighted by Gasteiger charge is -2.11. The number of aromatic nitrogens is 5. The van der Waals surface area contributed by atoms with Crippen molar-refractivity contribution in [3.8, 4) is 5.95 Å². The third-order valence-corrected chi connectivity index (χ3v) is 2.77.